The molecule has 0 aliphatic rings. The fourth-order valence-corrected chi connectivity index (χ4v) is 2.54. The van der Waals surface area contributed by atoms with Crippen LogP contribution in [-0.4, -0.2) is 28.7 Å². The number of rotatable bonds is 8. The van der Waals surface area contributed by atoms with Crippen molar-refractivity contribution < 1.29 is 13.2 Å². The van der Waals surface area contributed by atoms with Gasteiger partial charge in [0, 0.05) is 26.8 Å². The first kappa shape index (κ1) is 15.1. The molecule has 3 N–H and O–H groups in total. The molecule has 1 aromatic carbocycles. The zero-order valence-corrected chi connectivity index (χ0v) is 11.4. The number of hydrogen-bond donors (Lipinski definition) is 2. The normalized spacial score (nSPS) is 11.7. The average Bonchev–Trinajstić information content (AvgIpc) is 2.38. The molecule has 0 fully saturated rings. The number of nitrogens with two attached hydrogens (primary N) is 1. The van der Waals surface area contributed by atoms with Crippen molar-refractivity contribution in [3.8, 4) is 0 Å². The Hall–Kier alpha value is -0.950. The molecule has 0 saturated carbocycles. The fraction of sp³-hybridized carbons (Fsp3) is 0.500. The Morgan fingerprint density at radius 2 is 1.89 bits per heavy atom. The molecule has 5 nitrogen and oxygen atoms in total. The van der Waals surface area contributed by atoms with Gasteiger partial charge in [-0.1, -0.05) is 12.1 Å². The highest BCUT2D eigenvalue weighted by molar-refractivity contribution is 7.89. The predicted molar refractivity (Wildman–Crippen MR) is 70.6 cm³/mol. The third-order valence-corrected chi connectivity index (χ3v) is 4.01. The van der Waals surface area contributed by atoms with E-state index in [-0.39, 0.29) is 4.90 Å². The van der Waals surface area contributed by atoms with Crippen LogP contribution in [0.5, 0.6) is 0 Å². The third kappa shape index (κ3) is 4.73. The molecule has 0 aliphatic carbocycles. The molecular formula is C12H20N2O3S. The van der Waals surface area contributed by atoms with E-state index in [4.69, 9.17) is 10.5 Å². The van der Waals surface area contributed by atoms with Gasteiger partial charge in [-0.2, -0.15) is 0 Å². The van der Waals surface area contributed by atoms with Crippen LogP contribution in [0.25, 0.3) is 0 Å². The molecule has 1 rings (SSSR count). The molecule has 0 radical (unpaired) electrons. The summed E-state index contributed by atoms with van der Waals surface area (Å²) in [6.45, 7) is 1.47. The molecule has 0 saturated heterocycles. The van der Waals surface area contributed by atoms with Gasteiger partial charge in [0.1, 0.15) is 0 Å². The lowest BCUT2D eigenvalue weighted by Crippen LogP contribution is -2.25. The summed E-state index contributed by atoms with van der Waals surface area (Å²) in [4.78, 5) is 0.270. The van der Waals surface area contributed by atoms with E-state index in [2.05, 4.69) is 4.72 Å². The minimum Gasteiger partial charge on any atom is -0.385 e. The van der Waals surface area contributed by atoms with Crippen molar-refractivity contribution in [1.82, 2.24) is 4.72 Å². The van der Waals surface area contributed by atoms with Gasteiger partial charge in [-0.15, -0.1) is 0 Å². The van der Waals surface area contributed by atoms with E-state index < -0.39 is 10.0 Å². The van der Waals surface area contributed by atoms with Crippen LogP contribution in [0.15, 0.2) is 29.2 Å². The first-order valence-corrected chi connectivity index (χ1v) is 7.36. The molecule has 0 aliphatic heterocycles. The number of unbranched alkanes of at least 4 members (excludes halogenated alkanes) is 1. The Morgan fingerprint density at radius 3 is 2.44 bits per heavy atom. The second kappa shape index (κ2) is 7.48. The van der Waals surface area contributed by atoms with Crippen LogP contribution >= 0.6 is 0 Å². The van der Waals surface area contributed by atoms with Crippen molar-refractivity contribution in [2.45, 2.75) is 24.3 Å². The lowest BCUT2D eigenvalue weighted by atomic mass is 10.2. The summed E-state index contributed by atoms with van der Waals surface area (Å²) in [5, 5.41) is 0. The topological polar surface area (TPSA) is 81.4 Å². The zero-order chi connectivity index (χ0) is 13.4. The van der Waals surface area contributed by atoms with Crippen LogP contribution in [0.3, 0.4) is 0 Å². The SMILES string of the molecule is COCCCCNS(=O)(=O)c1ccc(CN)cc1. The standard InChI is InChI=1S/C12H20N2O3S/c1-17-9-3-2-8-14-18(15,16)12-6-4-11(10-13)5-7-12/h4-7,14H,2-3,8-10,13H2,1H3. The van der Waals surface area contributed by atoms with Gasteiger partial charge in [-0.3, -0.25) is 0 Å². The van der Waals surface area contributed by atoms with E-state index in [1.165, 1.54) is 0 Å². The van der Waals surface area contributed by atoms with Crippen LogP contribution in [0.2, 0.25) is 0 Å². The molecule has 1 aromatic rings. The lowest BCUT2D eigenvalue weighted by molar-refractivity contribution is 0.193. The number of sulfonamides is 1. The molecule has 0 spiro atoms. The molecule has 18 heavy (non-hydrogen) atoms. The van der Waals surface area contributed by atoms with Crippen molar-refractivity contribution in [3.05, 3.63) is 29.8 Å². The average molecular weight is 272 g/mol. The van der Waals surface area contributed by atoms with E-state index in [9.17, 15) is 8.42 Å². The highest BCUT2D eigenvalue weighted by Crippen LogP contribution is 2.10. The summed E-state index contributed by atoms with van der Waals surface area (Å²) in [7, 11) is -1.78. The summed E-state index contributed by atoms with van der Waals surface area (Å²) in [6, 6.07) is 6.58. The highest BCUT2D eigenvalue weighted by atomic mass is 32.2. The van der Waals surface area contributed by atoms with E-state index >= 15 is 0 Å². The summed E-state index contributed by atoms with van der Waals surface area (Å²) in [5.41, 5.74) is 6.37. The van der Waals surface area contributed by atoms with Gasteiger partial charge in [0.2, 0.25) is 10.0 Å². The lowest BCUT2D eigenvalue weighted by Gasteiger charge is -2.07. The molecule has 0 atom stereocenters. The quantitative estimate of drug-likeness (QED) is 0.687. The molecule has 0 heterocycles. The van der Waals surface area contributed by atoms with Crippen LogP contribution in [0, 0.1) is 0 Å². The monoisotopic (exact) mass is 272 g/mol. The van der Waals surface area contributed by atoms with E-state index in [1.807, 2.05) is 0 Å². The maximum atomic E-state index is 11.9. The number of ether oxygens (including phenoxy) is 1. The molecule has 0 aromatic heterocycles. The van der Waals surface area contributed by atoms with Crippen LogP contribution in [0.1, 0.15) is 18.4 Å². The minimum atomic E-state index is -3.40. The van der Waals surface area contributed by atoms with E-state index in [0.29, 0.717) is 19.7 Å². The number of methoxy groups -OCH3 is 1. The highest BCUT2D eigenvalue weighted by Gasteiger charge is 2.12. The number of benzene rings is 1. The Balaban J connectivity index is 2.51. The van der Waals surface area contributed by atoms with Gasteiger partial charge in [0.05, 0.1) is 4.90 Å². The Bertz CT molecular complexity index is 443. The van der Waals surface area contributed by atoms with E-state index in [1.54, 1.807) is 31.4 Å². The number of nitrogens with one attached hydrogen (secondary N) is 1. The van der Waals surface area contributed by atoms with E-state index in [0.717, 1.165) is 18.4 Å². The molecule has 0 amide bonds. The molecule has 0 bridgehead atoms. The first-order chi connectivity index (χ1) is 8.60. The summed E-state index contributed by atoms with van der Waals surface area (Å²) in [5.74, 6) is 0. The molecular weight excluding hydrogens is 252 g/mol. The largest absolute Gasteiger partial charge is 0.385 e. The Kier molecular flexibility index (Phi) is 6.28. The fourth-order valence-electron chi connectivity index (χ4n) is 1.47. The summed E-state index contributed by atoms with van der Waals surface area (Å²) in [6.07, 6.45) is 1.60. The van der Waals surface area contributed by atoms with Gasteiger partial charge < -0.3 is 10.5 Å². The smallest absolute Gasteiger partial charge is 0.240 e. The molecule has 102 valence electrons. The van der Waals surface area contributed by atoms with Crippen molar-refractivity contribution in [1.29, 1.82) is 0 Å². The summed E-state index contributed by atoms with van der Waals surface area (Å²) < 4.78 is 31.2. The van der Waals surface area contributed by atoms with Crippen molar-refractivity contribution >= 4 is 10.0 Å². The molecule has 0 unspecified atom stereocenters. The number of hydrogen-bond acceptors (Lipinski definition) is 4. The zero-order valence-electron chi connectivity index (χ0n) is 10.6. The van der Waals surface area contributed by atoms with Gasteiger partial charge in [-0.05, 0) is 30.5 Å². The maximum Gasteiger partial charge on any atom is 0.240 e. The predicted octanol–water partition coefficient (Wildman–Crippen LogP) is 0.850. The maximum absolute atomic E-state index is 11.9. The van der Waals surface area contributed by atoms with Crippen LogP contribution in [-0.2, 0) is 21.3 Å². The summed E-state index contributed by atoms with van der Waals surface area (Å²) >= 11 is 0. The second-order valence-corrected chi connectivity index (χ2v) is 5.71. The van der Waals surface area contributed by atoms with Gasteiger partial charge in [0.25, 0.3) is 0 Å². The third-order valence-electron chi connectivity index (χ3n) is 2.54. The van der Waals surface area contributed by atoms with Crippen molar-refractivity contribution in [3.63, 3.8) is 0 Å². The van der Waals surface area contributed by atoms with Gasteiger partial charge in [-0.25, -0.2) is 13.1 Å². The first-order valence-electron chi connectivity index (χ1n) is 5.88. The molecule has 6 heteroatoms. The Labute approximate surface area is 108 Å². The van der Waals surface area contributed by atoms with Crippen molar-refractivity contribution in [2.24, 2.45) is 5.73 Å². The second-order valence-electron chi connectivity index (χ2n) is 3.95. The van der Waals surface area contributed by atoms with Crippen LogP contribution in [0.4, 0.5) is 0 Å². The Morgan fingerprint density at radius 1 is 1.22 bits per heavy atom. The van der Waals surface area contributed by atoms with Gasteiger partial charge >= 0.3 is 0 Å². The van der Waals surface area contributed by atoms with Crippen molar-refractivity contribution in [2.75, 3.05) is 20.3 Å². The van der Waals surface area contributed by atoms with Crippen LogP contribution < -0.4 is 10.5 Å². The minimum absolute atomic E-state index is 0.270. The van der Waals surface area contributed by atoms with Gasteiger partial charge in [0.15, 0.2) is 0 Å².